The van der Waals surface area contributed by atoms with Crippen LogP contribution in [0, 0.1) is 11.8 Å². The van der Waals surface area contributed by atoms with E-state index >= 15 is 0 Å². The molecule has 1 saturated heterocycles. The van der Waals surface area contributed by atoms with E-state index in [9.17, 15) is 0 Å². The highest BCUT2D eigenvalue weighted by Crippen LogP contribution is 2.30. The summed E-state index contributed by atoms with van der Waals surface area (Å²) in [5.74, 6) is 1.84. The van der Waals surface area contributed by atoms with E-state index < -0.39 is 0 Å². The van der Waals surface area contributed by atoms with Crippen LogP contribution in [0.15, 0.2) is 12.5 Å². The smallest absolute Gasteiger partial charge is 0.0948 e. The van der Waals surface area contributed by atoms with Gasteiger partial charge < -0.3 is 9.88 Å². The zero-order valence-corrected chi connectivity index (χ0v) is 9.15. The van der Waals surface area contributed by atoms with Gasteiger partial charge in [0, 0.05) is 18.4 Å². The van der Waals surface area contributed by atoms with Crippen molar-refractivity contribution in [2.45, 2.75) is 32.2 Å². The Labute approximate surface area is 90.9 Å². The molecule has 0 radical (unpaired) electrons. The largest absolute Gasteiger partial charge is 0.334 e. The number of hydrogen-bond donors (Lipinski definition) is 1. The molecule has 0 aromatic carbocycles. The highest BCUT2D eigenvalue weighted by Gasteiger charge is 2.27. The molecule has 0 saturated carbocycles. The monoisotopic (exact) mass is 205 g/mol. The predicted molar refractivity (Wildman–Crippen MR) is 59.6 cm³/mol. The normalized spacial score (nSPS) is 27.6. The van der Waals surface area contributed by atoms with Crippen LogP contribution in [0.5, 0.6) is 0 Å². The van der Waals surface area contributed by atoms with Crippen molar-refractivity contribution in [2.24, 2.45) is 11.8 Å². The Balaban J connectivity index is 1.69. The lowest BCUT2D eigenvalue weighted by Crippen LogP contribution is -2.35. The van der Waals surface area contributed by atoms with Crippen LogP contribution in [0.25, 0.3) is 0 Å². The molecule has 3 nitrogen and oxygen atoms in total. The van der Waals surface area contributed by atoms with Gasteiger partial charge in [0.05, 0.1) is 6.33 Å². The summed E-state index contributed by atoms with van der Waals surface area (Å²) in [7, 11) is 0. The fourth-order valence-electron chi connectivity index (χ4n) is 3.10. The van der Waals surface area contributed by atoms with Crippen LogP contribution in [-0.2, 0) is 13.0 Å². The Bertz CT molecular complexity index is 325. The Morgan fingerprint density at radius 1 is 1.20 bits per heavy atom. The molecule has 1 aromatic heterocycles. The lowest BCUT2D eigenvalue weighted by Gasteiger charge is -2.34. The molecule has 82 valence electrons. The summed E-state index contributed by atoms with van der Waals surface area (Å²) in [4.78, 5) is 4.23. The number of rotatable bonds is 1. The molecule has 0 spiro atoms. The Morgan fingerprint density at radius 2 is 2.07 bits per heavy atom. The van der Waals surface area contributed by atoms with E-state index in [1.54, 1.807) is 0 Å². The van der Waals surface area contributed by atoms with E-state index in [2.05, 4.69) is 14.9 Å². The van der Waals surface area contributed by atoms with Gasteiger partial charge in [-0.3, -0.25) is 0 Å². The molecule has 15 heavy (non-hydrogen) atoms. The van der Waals surface area contributed by atoms with E-state index in [0.29, 0.717) is 0 Å². The van der Waals surface area contributed by atoms with E-state index in [1.165, 1.54) is 51.0 Å². The summed E-state index contributed by atoms with van der Waals surface area (Å²) in [6.45, 7) is 3.65. The average molecular weight is 205 g/mol. The first-order valence-corrected chi connectivity index (χ1v) is 6.13. The molecule has 1 unspecified atom stereocenters. The van der Waals surface area contributed by atoms with Gasteiger partial charge in [-0.15, -0.1) is 0 Å². The van der Waals surface area contributed by atoms with Gasteiger partial charge in [0.1, 0.15) is 0 Å². The molecule has 0 bridgehead atoms. The van der Waals surface area contributed by atoms with Crippen LogP contribution in [0.4, 0.5) is 0 Å². The number of nitrogens with zero attached hydrogens (tertiary/aromatic N) is 2. The fourth-order valence-corrected chi connectivity index (χ4v) is 3.10. The lowest BCUT2D eigenvalue weighted by molar-refractivity contribution is 0.206. The van der Waals surface area contributed by atoms with Gasteiger partial charge in [0.2, 0.25) is 0 Å². The number of hydrogen-bond acceptors (Lipinski definition) is 2. The maximum Gasteiger partial charge on any atom is 0.0948 e. The molecule has 3 heteroatoms. The third-order valence-electron chi connectivity index (χ3n) is 4.05. The van der Waals surface area contributed by atoms with Crippen molar-refractivity contribution in [1.29, 1.82) is 0 Å². The van der Waals surface area contributed by atoms with E-state index in [0.717, 1.165) is 11.8 Å². The van der Waals surface area contributed by atoms with Crippen LogP contribution >= 0.6 is 0 Å². The summed E-state index contributed by atoms with van der Waals surface area (Å²) < 4.78 is 2.36. The second-order valence-electron chi connectivity index (χ2n) is 4.92. The van der Waals surface area contributed by atoms with Gasteiger partial charge in [-0.2, -0.15) is 0 Å². The molecule has 3 heterocycles. The molecule has 1 fully saturated rings. The number of piperidine rings is 1. The summed E-state index contributed by atoms with van der Waals surface area (Å²) in [6.07, 6.45) is 9.37. The third kappa shape index (κ3) is 1.81. The zero-order valence-electron chi connectivity index (χ0n) is 9.15. The second-order valence-corrected chi connectivity index (χ2v) is 4.92. The Morgan fingerprint density at radius 3 is 2.93 bits per heavy atom. The third-order valence-corrected chi connectivity index (χ3v) is 4.05. The fraction of sp³-hybridized carbons (Fsp3) is 0.750. The van der Waals surface area contributed by atoms with Gasteiger partial charge in [0.15, 0.2) is 0 Å². The van der Waals surface area contributed by atoms with E-state index in [4.69, 9.17) is 0 Å². The van der Waals surface area contributed by atoms with E-state index in [1.807, 2.05) is 12.5 Å². The Hall–Kier alpha value is -0.830. The predicted octanol–water partition coefficient (Wildman–Crippen LogP) is 1.45. The molecule has 1 aromatic rings. The summed E-state index contributed by atoms with van der Waals surface area (Å²) in [5, 5.41) is 3.45. The quantitative estimate of drug-likeness (QED) is 0.752. The van der Waals surface area contributed by atoms with Crippen molar-refractivity contribution >= 4 is 0 Å². The van der Waals surface area contributed by atoms with Crippen LogP contribution in [0.3, 0.4) is 0 Å². The second kappa shape index (κ2) is 3.97. The maximum atomic E-state index is 4.23. The number of aryl methyl sites for hydroxylation is 1. The van der Waals surface area contributed by atoms with Gasteiger partial charge in [0.25, 0.3) is 0 Å². The molecule has 1 N–H and O–H groups in total. The molecular weight excluding hydrogens is 186 g/mol. The SMILES string of the molecule is c1ncn2c1CCC(C1CCNCC1)C2. The van der Waals surface area contributed by atoms with Gasteiger partial charge in [-0.05, 0) is 50.6 Å². The van der Waals surface area contributed by atoms with Crippen LogP contribution < -0.4 is 5.32 Å². The minimum Gasteiger partial charge on any atom is -0.334 e. The molecule has 0 aliphatic carbocycles. The number of fused-ring (bicyclic) bond motifs is 1. The van der Waals surface area contributed by atoms with Crippen LogP contribution in [0.2, 0.25) is 0 Å². The van der Waals surface area contributed by atoms with Crippen molar-refractivity contribution < 1.29 is 0 Å². The molecule has 2 aliphatic rings. The van der Waals surface area contributed by atoms with Gasteiger partial charge >= 0.3 is 0 Å². The first-order valence-electron chi connectivity index (χ1n) is 6.13. The molecule has 1 atom stereocenters. The summed E-state index contributed by atoms with van der Waals surface area (Å²) >= 11 is 0. The highest BCUT2D eigenvalue weighted by molar-refractivity contribution is 5.02. The minimum absolute atomic E-state index is 0.897. The highest BCUT2D eigenvalue weighted by atomic mass is 15.1. The van der Waals surface area contributed by atoms with E-state index in [-0.39, 0.29) is 0 Å². The van der Waals surface area contributed by atoms with Crippen molar-refractivity contribution in [3.05, 3.63) is 18.2 Å². The Kier molecular flexibility index (Phi) is 2.49. The van der Waals surface area contributed by atoms with Gasteiger partial charge in [-0.25, -0.2) is 4.98 Å². The maximum absolute atomic E-state index is 4.23. The van der Waals surface area contributed by atoms with Crippen molar-refractivity contribution in [1.82, 2.24) is 14.9 Å². The van der Waals surface area contributed by atoms with Crippen molar-refractivity contribution in [2.75, 3.05) is 13.1 Å². The average Bonchev–Trinajstić information content (AvgIpc) is 2.77. The lowest BCUT2D eigenvalue weighted by atomic mass is 9.80. The molecule has 2 aliphatic heterocycles. The number of imidazole rings is 1. The van der Waals surface area contributed by atoms with Crippen LogP contribution in [0.1, 0.15) is 25.0 Å². The first kappa shape index (κ1) is 9.40. The zero-order chi connectivity index (χ0) is 10.1. The number of aromatic nitrogens is 2. The summed E-state index contributed by atoms with van der Waals surface area (Å²) in [5.41, 5.74) is 1.43. The topological polar surface area (TPSA) is 29.9 Å². The molecule has 0 amide bonds. The van der Waals surface area contributed by atoms with Crippen molar-refractivity contribution in [3.8, 4) is 0 Å². The standard InChI is InChI=1S/C12H19N3/c1-2-12-7-14-9-15(12)8-11(1)10-3-5-13-6-4-10/h7,9-11,13H,1-6,8H2. The van der Waals surface area contributed by atoms with Crippen LogP contribution in [-0.4, -0.2) is 22.6 Å². The number of nitrogens with one attached hydrogen (secondary N) is 1. The summed E-state index contributed by atoms with van der Waals surface area (Å²) in [6, 6.07) is 0. The molecule has 3 rings (SSSR count). The minimum atomic E-state index is 0.897. The first-order chi connectivity index (χ1) is 7.43. The molecular formula is C12H19N3. The van der Waals surface area contributed by atoms with Gasteiger partial charge in [-0.1, -0.05) is 0 Å². The van der Waals surface area contributed by atoms with Crippen molar-refractivity contribution in [3.63, 3.8) is 0 Å².